The van der Waals surface area contributed by atoms with E-state index in [2.05, 4.69) is 35.3 Å². The SMILES string of the molecule is CNCc1ccccc1OCCN1CC=C(C)CC1. The van der Waals surface area contributed by atoms with Crippen molar-refractivity contribution in [3.05, 3.63) is 41.5 Å². The van der Waals surface area contributed by atoms with Crippen LogP contribution in [0.1, 0.15) is 18.9 Å². The molecule has 0 saturated heterocycles. The predicted molar refractivity (Wildman–Crippen MR) is 79.5 cm³/mol. The lowest BCUT2D eigenvalue weighted by Gasteiger charge is -2.25. The number of nitrogens with one attached hydrogen (secondary N) is 1. The molecule has 1 aliphatic rings. The lowest BCUT2D eigenvalue weighted by Crippen LogP contribution is -2.32. The van der Waals surface area contributed by atoms with Crippen LogP contribution in [0, 0.1) is 0 Å². The molecule has 2 rings (SSSR count). The van der Waals surface area contributed by atoms with E-state index in [0.29, 0.717) is 0 Å². The van der Waals surface area contributed by atoms with Crippen LogP contribution >= 0.6 is 0 Å². The molecule has 0 fully saturated rings. The summed E-state index contributed by atoms with van der Waals surface area (Å²) in [4.78, 5) is 2.44. The van der Waals surface area contributed by atoms with E-state index in [1.807, 2.05) is 19.2 Å². The van der Waals surface area contributed by atoms with Gasteiger partial charge in [0.1, 0.15) is 12.4 Å². The van der Waals surface area contributed by atoms with Crippen molar-refractivity contribution in [1.29, 1.82) is 0 Å². The van der Waals surface area contributed by atoms with Crippen molar-refractivity contribution in [2.24, 2.45) is 0 Å². The topological polar surface area (TPSA) is 24.5 Å². The van der Waals surface area contributed by atoms with Gasteiger partial charge in [0, 0.05) is 31.7 Å². The van der Waals surface area contributed by atoms with Crippen molar-refractivity contribution < 1.29 is 4.74 Å². The molecule has 1 aromatic rings. The number of nitrogens with zero attached hydrogens (tertiary/aromatic N) is 1. The number of rotatable bonds is 6. The van der Waals surface area contributed by atoms with E-state index in [4.69, 9.17) is 4.74 Å². The lowest BCUT2D eigenvalue weighted by molar-refractivity contribution is 0.217. The van der Waals surface area contributed by atoms with Crippen LogP contribution in [0.25, 0.3) is 0 Å². The van der Waals surface area contributed by atoms with Crippen molar-refractivity contribution in [3.8, 4) is 5.75 Å². The standard InChI is InChI=1S/C16H24N2O/c1-14-7-9-18(10-8-14)11-12-19-16-6-4-3-5-15(16)13-17-2/h3-7,17H,8-13H2,1-2H3. The second-order valence-electron chi connectivity index (χ2n) is 5.09. The van der Waals surface area contributed by atoms with Crippen molar-refractivity contribution >= 4 is 0 Å². The Balaban J connectivity index is 1.79. The first-order chi connectivity index (χ1) is 9.29. The molecule has 0 saturated carbocycles. The van der Waals surface area contributed by atoms with E-state index < -0.39 is 0 Å². The van der Waals surface area contributed by atoms with E-state index in [0.717, 1.165) is 38.5 Å². The van der Waals surface area contributed by atoms with E-state index in [9.17, 15) is 0 Å². The number of para-hydroxylation sites is 1. The highest BCUT2D eigenvalue weighted by Crippen LogP contribution is 2.17. The van der Waals surface area contributed by atoms with Crippen LogP contribution in [0.2, 0.25) is 0 Å². The van der Waals surface area contributed by atoms with Gasteiger partial charge in [-0.15, -0.1) is 0 Å². The summed E-state index contributed by atoms with van der Waals surface area (Å²) in [6.45, 7) is 7.03. The largest absolute Gasteiger partial charge is 0.492 e. The smallest absolute Gasteiger partial charge is 0.123 e. The highest BCUT2D eigenvalue weighted by atomic mass is 16.5. The minimum absolute atomic E-state index is 0.758. The molecule has 0 radical (unpaired) electrons. The average Bonchev–Trinajstić information content (AvgIpc) is 2.43. The summed E-state index contributed by atoms with van der Waals surface area (Å²) < 4.78 is 5.92. The maximum atomic E-state index is 5.92. The maximum Gasteiger partial charge on any atom is 0.123 e. The molecule has 3 nitrogen and oxygen atoms in total. The molecule has 104 valence electrons. The summed E-state index contributed by atoms with van der Waals surface area (Å²) in [6, 6.07) is 8.24. The van der Waals surface area contributed by atoms with Gasteiger partial charge >= 0.3 is 0 Å². The second kappa shape index (κ2) is 7.31. The molecule has 0 spiro atoms. The molecule has 0 atom stereocenters. The monoisotopic (exact) mass is 260 g/mol. The van der Waals surface area contributed by atoms with Crippen LogP contribution in [-0.4, -0.2) is 38.2 Å². The molecule has 3 heteroatoms. The van der Waals surface area contributed by atoms with Gasteiger partial charge in [-0.2, -0.15) is 0 Å². The highest BCUT2D eigenvalue weighted by molar-refractivity contribution is 5.33. The summed E-state index contributed by atoms with van der Waals surface area (Å²) in [5.74, 6) is 1.00. The van der Waals surface area contributed by atoms with Gasteiger partial charge in [0.25, 0.3) is 0 Å². The molecule has 0 aliphatic carbocycles. The zero-order valence-corrected chi connectivity index (χ0v) is 12.0. The molecule has 1 N–H and O–H groups in total. The van der Waals surface area contributed by atoms with Gasteiger partial charge in [-0.1, -0.05) is 29.8 Å². The van der Waals surface area contributed by atoms with Crippen LogP contribution in [0.4, 0.5) is 0 Å². The summed E-state index contributed by atoms with van der Waals surface area (Å²) >= 11 is 0. The van der Waals surface area contributed by atoms with E-state index in [-0.39, 0.29) is 0 Å². The third-order valence-electron chi connectivity index (χ3n) is 3.53. The fraction of sp³-hybridized carbons (Fsp3) is 0.500. The van der Waals surface area contributed by atoms with Crippen LogP contribution in [0.5, 0.6) is 5.75 Å². The highest BCUT2D eigenvalue weighted by Gasteiger charge is 2.09. The van der Waals surface area contributed by atoms with Gasteiger partial charge in [-0.3, -0.25) is 4.90 Å². The molecule has 1 aliphatic heterocycles. The fourth-order valence-corrected chi connectivity index (χ4v) is 2.28. The fourth-order valence-electron chi connectivity index (χ4n) is 2.28. The summed E-state index contributed by atoms with van der Waals surface area (Å²) in [6.07, 6.45) is 3.51. The molecule has 19 heavy (non-hydrogen) atoms. The lowest BCUT2D eigenvalue weighted by atomic mass is 10.1. The molecule has 0 bridgehead atoms. The van der Waals surface area contributed by atoms with E-state index in [1.165, 1.54) is 17.6 Å². The predicted octanol–water partition coefficient (Wildman–Crippen LogP) is 2.44. The minimum atomic E-state index is 0.758. The Morgan fingerprint density at radius 1 is 1.32 bits per heavy atom. The average molecular weight is 260 g/mol. The Morgan fingerprint density at radius 3 is 2.89 bits per heavy atom. The van der Waals surface area contributed by atoms with Crippen LogP contribution in [-0.2, 0) is 6.54 Å². The summed E-state index contributed by atoms with van der Waals surface area (Å²) in [5.41, 5.74) is 2.73. The molecule has 1 heterocycles. The Morgan fingerprint density at radius 2 is 2.16 bits per heavy atom. The molecular formula is C16H24N2O. The first-order valence-electron chi connectivity index (χ1n) is 7.03. The maximum absolute atomic E-state index is 5.92. The number of benzene rings is 1. The minimum Gasteiger partial charge on any atom is -0.492 e. The zero-order valence-electron chi connectivity index (χ0n) is 12.0. The van der Waals surface area contributed by atoms with E-state index >= 15 is 0 Å². The molecule has 1 aromatic carbocycles. The van der Waals surface area contributed by atoms with Crippen molar-refractivity contribution in [1.82, 2.24) is 10.2 Å². The molecule has 0 unspecified atom stereocenters. The zero-order chi connectivity index (χ0) is 13.5. The Bertz CT molecular complexity index is 429. The Kier molecular flexibility index (Phi) is 5.43. The molecule has 0 aromatic heterocycles. The van der Waals surface area contributed by atoms with E-state index in [1.54, 1.807) is 0 Å². The summed E-state index contributed by atoms with van der Waals surface area (Å²) in [7, 11) is 1.96. The van der Waals surface area contributed by atoms with Gasteiger partial charge in [0.2, 0.25) is 0 Å². The van der Waals surface area contributed by atoms with Crippen molar-refractivity contribution in [3.63, 3.8) is 0 Å². The number of hydrogen-bond donors (Lipinski definition) is 1. The third-order valence-corrected chi connectivity index (χ3v) is 3.53. The molecule has 0 amide bonds. The molecular weight excluding hydrogens is 236 g/mol. The van der Waals surface area contributed by atoms with Gasteiger partial charge in [-0.25, -0.2) is 0 Å². The number of ether oxygens (including phenoxy) is 1. The van der Waals surface area contributed by atoms with Crippen LogP contribution in [0.15, 0.2) is 35.9 Å². The summed E-state index contributed by atoms with van der Waals surface area (Å²) in [5, 5.41) is 3.17. The van der Waals surface area contributed by atoms with Crippen molar-refractivity contribution in [2.45, 2.75) is 19.9 Å². The van der Waals surface area contributed by atoms with Gasteiger partial charge < -0.3 is 10.1 Å². The van der Waals surface area contributed by atoms with Gasteiger partial charge in [0.15, 0.2) is 0 Å². The van der Waals surface area contributed by atoms with Crippen LogP contribution < -0.4 is 10.1 Å². The first kappa shape index (κ1) is 14.1. The van der Waals surface area contributed by atoms with Crippen molar-refractivity contribution in [2.75, 3.05) is 33.3 Å². The number of hydrogen-bond acceptors (Lipinski definition) is 3. The third kappa shape index (κ3) is 4.37. The first-order valence-corrected chi connectivity index (χ1v) is 7.03. The Labute approximate surface area is 116 Å². The Hall–Kier alpha value is -1.32. The normalized spacial score (nSPS) is 16.2. The quantitative estimate of drug-likeness (QED) is 0.795. The van der Waals surface area contributed by atoms with Gasteiger partial charge in [0.05, 0.1) is 0 Å². The van der Waals surface area contributed by atoms with Gasteiger partial charge in [-0.05, 0) is 26.5 Å². The second-order valence-corrected chi connectivity index (χ2v) is 5.09. The van der Waals surface area contributed by atoms with Crippen LogP contribution in [0.3, 0.4) is 0 Å².